The second-order valence-corrected chi connectivity index (χ2v) is 5.23. The summed E-state index contributed by atoms with van der Waals surface area (Å²) in [5, 5.41) is 8.36. The lowest BCUT2D eigenvalue weighted by Gasteiger charge is -2.24. The minimum absolute atomic E-state index is 0. The largest absolute Gasteiger partial charge is 0.347 e. The predicted molar refractivity (Wildman–Crippen MR) is 73.8 cm³/mol. The number of hydrogen-bond acceptors (Lipinski definition) is 3. The molecule has 0 radical (unpaired) electrons. The van der Waals surface area contributed by atoms with Crippen LogP contribution in [0.1, 0.15) is 37.1 Å². The molecule has 2 rings (SSSR count). The second kappa shape index (κ2) is 6.99. The monoisotopic (exact) mass is 274 g/mol. The van der Waals surface area contributed by atoms with Gasteiger partial charge in [-0.2, -0.15) is 0 Å². The fraction of sp³-hybridized carbons (Fsp3) is 0.583. The Morgan fingerprint density at radius 3 is 3.00 bits per heavy atom. The van der Waals surface area contributed by atoms with Crippen LogP contribution in [0.4, 0.5) is 0 Å². The highest BCUT2D eigenvalue weighted by Gasteiger charge is 2.22. The van der Waals surface area contributed by atoms with Crippen molar-refractivity contribution in [1.29, 1.82) is 0 Å². The zero-order valence-electron chi connectivity index (χ0n) is 9.94. The van der Waals surface area contributed by atoms with Crippen molar-refractivity contribution < 1.29 is 4.79 Å². The molecule has 1 aliphatic rings. The van der Waals surface area contributed by atoms with Crippen LogP contribution in [-0.2, 0) is 4.79 Å². The van der Waals surface area contributed by atoms with E-state index in [4.69, 9.17) is 0 Å². The molecule has 1 aromatic heterocycles. The average molecular weight is 275 g/mol. The van der Waals surface area contributed by atoms with Crippen LogP contribution < -0.4 is 10.6 Å². The Balaban J connectivity index is 0.00000144. The van der Waals surface area contributed by atoms with Gasteiger partial charge in [0.05, 0.1) is 12.1 Å². The van der Waals surface area contributed by atoms with Crippen molar-refractivity contribution in [2.45, 2.75) is 38.3 Å². The molecular weight excluding hydrogens is 256 g/mol. The molecule has 0 bridgehead atoms. The average Bonchev–Trinajstić information content (AvgIpc) is 2.83. The SMILES string of the molecule is CC(NC(=O)C1CCCCN1)c1cccs1.Cl. The number of nitrogens with one attached hydrogen (secondary N) is 2. The van der Waals surface area contributed by atoms with Crippen LogP contribution in [0.5, 0.6) is 0 Å². The Kier molecular flexibility index (Phi) is 5.95. The summed E-state index contributed by atoms with van der Waals surface area (Å²) in [6, 6.07) is 4.21. The summed E-state index contributed by atoms with van der Waals surface area (Å²) in [4.78, 5) is 13.1. The van der Waals surface area contributed by atoms with E-state index in [9.17, 15) is 4.79 Å². The molecule has 0 aromatic carbocycles. The van der Waals surface area contributed by atoms with E-state index in [1.165, 1.54) is 11.3 Å². The normalized spacial score (nSPS) is 21.4. The second-order valence-electron chi connectivity index (χ2n) is 4.25. The van der Waals surface area contributed by atoms with Crippen LogP contribution in [0.15, 0.2) is 17.5 Å². The fourth-order valence-electron chi connectivity index (χ4n) is 2.00. The van der Waals surface area contributed by atoms with Gasteiger partial charge in [0.2, 0.25) is 5.91 Å². The lowest BCUT2D eigenvalue weighted by atomic mass is 10.0. The van der Waals surface area contributed by atoms with Crippen LogP contribution in [0.3, 0.4) is 0 Å². The summed E-state index contributed by atoms with van der Waals surface area (Å²) in [5.41, 5.74) is 0. The third kappa shape index (κ3) is 3.98. The highest BCUT2D eigenvalue weighted by Crippen LogP contribution is 2.18. The van der Waals surface area contributed by atoms with E-state index in [1.54, 1.807) is 11.3 Å². The molecule has 2 heterocycles. The highest BCUT2D eigenvalue weighted by atomic mass is 35.5. The summed E-state index contributed by atoms with van der Waals surface area (Å²) in [6.45, 7) is 3.00. The van der Waals surface area contributed by atoms with Crippen LogP contribution in [0.25, 0.3) is 0 Å². The van der Waals surface area contributed by atoms with E-state index in [0.717, 1.165) is 19.4 Å². The third-order valence-electron chi connectivity index (χ3n) is 2.96. The quantitative estimate of drug-likeness (QED) is 0.889. The number of rotatable bonds is 3. The molecule has 0 saturated carbocycles. The zero-order valence-corrected chi connectivity index (χ0v) is 11.6. The van der Waals surface area contributed by atoms with Crippen molar-refractivity contribution in [3.8, 4) is 0 Å². The molecule has 2 atom stereocenters. The number of halogens is 1. The maximum Gasteiger partial charge on any atom is 0.237 e. The number of carbonyl (C=O) groups excluding carboxylic acids is 1. The maximum absolute atomic E-state index is 11.9. The van der Waals surface area contributed by atoms with E-state index in [0.29, 0.717) is 0 Å². The fourth-order valence-corrected chi connectivity index (χ4v) is 2.73. The minimum atomic E-state index is 0. The number of hydrogen-bond donors (Lipinski definition) is 2. The molecule has 5 heteroatoms. The van der Waals surface area contributed by atoms with Gasteiger partial charge in [-0.3, -0.25) is 4.79 Å². The first-order valence-corrected chi connectivity index (χ1v) is 6.72. The number of piperidine rings is 1. The van der Waals surface area contributed by atoms with Crippen molar-refractivity contribution in [2.24, 2.45) is 0 Å². The van der Waals surface area contributed by atoms with Gasteiger partial charge in [0.1, 0.15) is 0 Å². The third-order valence-corrected chi connectivity index (χ3v) is 4.01. The topological polar surface area (TPSA) is 41.1 Å². The van der Waals surface area contributed by atoms with Crippen molar-refractivity contribution in [2.75, 3.05) is 6.54 Å². The van der Waals surface area contributed by atoms with Crippen molar-refractivity contribution in [3.63, 3.8) is 0 Å². The van der Waals surface area contributed by atoms with Gasteiger partial charge in [0.15, 0.2) is 0 Å². The molecule has 0 spiro atoms. The first-order valence-electron chi connectivity index (χ1n) is 5.84. The molecule has 1 fully saturated rings. The zero-order chi connectivity index (χ0) is 11.4. The van der Waals surface area contributed by atoms with Gasteiger partial charge in [0.25, 0.3) is 0 Å². The Hall–Kier alpha value is -0.580. The summed E-state index contributed by atoms with van der Waals surface area (Å²) in [5.74, 6) is 0.139. The van der Waals surface area contributed by atoms with Gasteiger partial charge in [-0.05, 0) is 37.8 Å². The minimum Gasteiger partial charge on any atom is -0.347 e. The number of carbonyl (C=O) groups is 1. The number of amides is 1. The van der Waals surface area contributed by atoms with Gasteiger partial charge < -0.3 is 10.6 Å². The van der Waals surface area contributed by atoms with Gasteiger partial charge in [-0.25, -0.2) is 0 Å². The summed E-state index contributed by atoms with van der Waals surface area (Å²) < 4.78 is 0. The molecule has 1 amide bonds. The lowest BCUT2D eigenvalue weighted by molar-refractivity contribution is -0.124. The molecule has 96 valence electrons. The molecule has 0 aliphatic carbocycles. The summed E-state index contributed by atoms with van der Waals surface area (Å²) in [7, 11) is 0. The van der Waals surface area contributed by atoms with Gasteiger partial charge >= 0.3 is 0 Å². The van der Waals surface area contributed by atoms with Crippen LogP contribution in [0.2, 0.25) is 0 Å². The van der Waals surface area contributed by atoms with Crippen LogP contribution >= 0.6 is 23.7 Å². The van der Waals surface area contributed by atoms with Crippen molar-refractivity contribution >= 4 is 29.7 Å². The van der Waals surface area contributed by atoms with E-state index in [1.807, 2.05) is 18.4 Å². The molecule has 1 aliphatic heterocycles. The van der Waals surface area contributed by atoms with Crippen LogP contribution in [-0.4, -0.2) is 18.5 Å². The van der Waals surface area contributed by atoms with E-state index in [2.05, 4.69) is 16.7 Å². The van der Waals surface area contributed by atoms with Crippen molar-refractivity contribution in [1.82, 2.24) is 10.6 Å². The molecule has 1 aromatic rings. The molecule has 17 heavy (non-hydrogen) atoms. The summed E-state index contributed by atoms with van der Waals surface area (Å²) in [6.07, 6.45) is 3.30. The number of thiophene rings is 1. The van der Waals surface area contributed by atoms with Gasteiger partial charge in [-0.15, -0.1) is 23.7 Å². The Bertz CT molecular complexity index is 336. The van der Waals surface area contributed by atoms with Gasteiger partial charge in [0, 0.05) is 4.88 Å². The molecule has 1 saturated heterocycles. The van der Waals surface area contributed by atoms with E-state index in [-0.39, 0.29) is 30.4 Å². The highest BCUT2D eigenvalue weighted by molar-refractivity contribution is 7.10. The standard InChI is InChI=1S/C12H18N2OS.ClH/c1-9(11-6-4-8-16-11)14-12(15)10-5-2-3-7-13-10;/h4,6,8-10,13H,2-3,5,7H2,1H3,(H,14,15);1H. The maximum atomic E-state index is 11.9. The van der Waals surface area contributed by atoms with Crippen LogP contribution in [0, 0.1) is 0 Å². The van der Waals surface area contributed by atoms with Crippen molar-refractivity contribution in [3.05, 3.63) is 22.4 Å². The first kappa shape index (κ1) is 14.5. The lowest BCUT2D eigenvalue weighted by Crippen LogP contribution is -2.47. The Morgan fingerprint density at radius 1 is 1.59 bits per heavy atom. The van der Waals surface area contributed by atoms with E-state index >= 15 is 0 Å². The smallest absolute Gasteiger partial charge is 0.237 e. The Morgan fingerprint density at radius 2 is 2.41 bits per heavy atom. The summed E-state index contributed by atoms with van der Waals surface area (Å²) >= 11 is 1.68. The first-order chi connectivity index (χ1) is 7.77. The molecule has 2 unspecified atom stereocenters. The molecular formula is C12H19ClN2OS. The Labute approximate surface area is 112 Å². The predicted octanol–water partition coefficient (Wildman–Crippen LogP) is 2.49. The molecule has 2 N–H and O–H groups in total. The van der Waals surface area contributed by atoms with E-state index < -0.39 is 0 Å². The molecule has 3 nitrogen and oxygen atoms in total. The van der Waals surface area contributed by atoms with Gasteiger partial charge in [-0.1, -0.05) is 12.5 Å².